The molecule has 0 atom stereocenters. The van der Waals surface area contributed by atoms with Crippen molar-refractivity contribution in [3.63, 3.8) is 0 Å². The van der Waals surface area contributed by atoms with Crippen molar-refractivity contribution in [1.82, 2.24) is 44.7 Å². The first-order valence-corrected chi connectivity index (χ1v) is 11.1. The fourth-order valence-electron chi connectivity index (χ4n) is 3.93. The van der Waals surface area contributed by atoms with Gasteiger partial charge in [-0.05, 0) is 36.4 Å². The predicted molar refractivity (Wildman–Crippen MR) is 132 cm³/mol. The molecule has 5 heterocycles. The molecule has 5 aromatic heterocycles. The van der Waals surface area contributed by atoms with Crippen LogP contribution in [0.25, 0.3) is 44.9 Å². The van der Waals surface area contributed by atoms with Crippen molar-refractivity contribution < 1.29 is 4.39 Å². The number of hydrogen-bond donors (Lipinski definition) is 1. The van der Waals surface area contributed by atoms with Crippen LogP contribution in [0.2, 0.25) is 0 Å². The van der Waals surface area contributed by atoms with Crippen LogP contribution in [-0.4, -0.2) is 44.7 Å². The third-order valence-electron chi connectivity index (χ3n) is 5.65. The van der Waals surface area contributed by atoms with Gasteiger partial charge in [-0.1, -0.05) is 17.3 Å². The van der Waals surface area contributed by atoms with Gasteiger partial charge < -0.3 is 5.73 Å². The summed E-state index contributed by atoms with van der Waals surface area (Å²) in [7, 11) is 1.84. The van der Waals surface area contributed by atoms with Crippen LogP contribution in [-0.2, 0) is 13.6 Å². The highest BCUT2D eigenvalue weighted by Crippen LogP contribution is 2.34. The first-order valence-electron chi connectivity index (χ1n) is 11.1. The van der Waals surface area contributed by atoms with E-state index in [1.807, 2.05) is 49.6 Å². The SMILES string of the molecule is Cn1ccc(-c2nc(N)c(-c3cn(Cc4ccc(F)cn4)nn3)nc2-c2ccc3ncccc3c2)n1. The summed E-state index contributed by atoms with van der Waals surface area (Å²) in [6, 6.07) is 14.6. The van der Waals surface area contributed by atoms with Gasteiger partial charge >= 0.3 is 0 Å². The molecule has 0 radical (unpaired) electrons. The molecule has 0 unspecified atom stereocenters. The van der Waals surface area contributed by atoms with Gasteiger partial charge in [0.05, 0.1) is 35.8 Å². The van der Waals surface area contributed by atoms with Crippen LogP contribution < -0.4 is 5.73 Å². The Morgan fingerprint density at radius 1 is 0.944 bits per heavy atom. The quantitative estimate of drug-likeness (QED) is 0.399. The van der Waals surface area contributed by atoms with E-state index in [1.54, 1.807) is 27.8 Å². The lowest BCUT2D eigenvalue weighted by Crippen LogP contribution is -2.04. The Morgan fingerprint density at radius 3 is 2.67 bits per heavy atom. The maximum Gasteiger partial charge on any atom is 0.152 e. The monoisotopic (exact) mass is 478 g/mol. The first-order chi connectivity index (χ1) is 17.5. The second kappa shape index (κ2) is 8.62. The average molecular weight is 478 g/mol. The molecular formula is C25H19FN10. The largest absolute Gasteiger partial charge is 0.382 e. The maximum absolute atomic E-state index is 13.2. The second-order valence-electron chi connectivity index (χ2n) is 8.21. The third-order valence-corrected chi connectivity index (χ3v) is 5.65. The Hall–Kier alpha value is -5.06. The minimum atomic E-state index is -0.397. The Kier molecular flexibility index (Phi) is 5.14. The van der Waals surface area contributed by atoms with Crippen LogP contribution in [0.5, 0.6) is 0 Å². The molecule has 0 amide bonds. The molecule has 0 fully saturated rings. The lowest BCUT2D eigenvalue weighted by molar-refractivity contribution is 0.607. The van der Waals surface area contributed by atoms with Crippen LogP contribution in [0.3, 0.4) is 0 Å². The Morgan fingerprint density at radius 2 is 1.86 bits per heavy atom. The molecule has 0 saturated carbocycles. The van der Waals surface area contributed by atoms with E-state index in [1.165, 1.54) is 12.3 Å². The number of aromatic nitrogens is 9. The van der Waals surface area contributed by atoms with Gasteiger partial charge in [-0.3, -0.25) is 14.6 Å². The molecule has 6 rings (SSSR count). The third kappa shape index (κ3) is 4.02. The Balaban J connectivity index is 1.45. The molecule has 11 heteroatoms. The molecule has 2 N–H and O–H groups in total. The molecule has 10 nitrogen and oxygen atoms in total. The molecule has 0 aliphatic rings. The number of nitrogens with two attached hydrogens (primary N) is 1. The highest BCUT2D eigenvalue weighted by Gasteiger charge is 2.20. The molecule has 0 spiro atoms. The first kappa shape index (κ1) is 21.5. The fourth-order valence-corrected chi connectivity index (χ4v) is 3.93. The highest BCUT2D eigenvalue weighted by atomic mass is 19.1. The number of anilines is 1. The lowest BCUT2D eigenvalue weighted by Gasteiger charge is -2.11. The van der Waals surface area contributed by atoms with Crippen molar-refractivity contribution in [3.05, 3.63) is 84.8 Å². The summed E-state index contributed by atoms with van der Waals surface area (Å²) in [5.41, 5.74) is 11.4. The van der Waals surface area contributed by atoms with Crippen molar-refractivity contribution >= 4 is 16.7 Å². The van der Waals surface area contributed by atoms with Crippen LogP contribution in [0.15, 0.2) is 73.3 Å². The number of nitrogens with zero attached hydrogens (tertiary/aromatic N) is 9. The van der Waals surface area contributed by atoms with Gasteiger partial charge in [0, 0.05) is 30.4 Å². The number of pyridine rings is 2. The molecule has 36 heavy (non-hydrogen) atoms. The number of halogens is 1. The van der Waals surface area contributed by atoms with Crippen molar-refractivity contribution in [3.8, 4) is 34.0 Å². The van der Waals surface area contributed by atoms with Gasteiger partial charge in [0.15, 0.2) is 5.82 Å². The van der Waals surface area contributed by atoms with Gasteiger partial charge in [-0.15, -0.1) is 5.10 Å². The number of fused-ring (bicyclic) bond motifs is 1. The van der Waals surface area contributed by atoms with Gasteiger partial charge in [-0.2, -0.15) is 5.10 Å². The summed E-state index contributed by atoms with van der Waals surface area (Å²) in [6.45, 7) is 0.317. The summed E-state index contributed by atoms with van der Waals surface area (Å²) in [5.74, 6) is -0.195. The van der Waals surface area contributed by atoms with E-state index < -0.39 is 5.82 Å². The fraction of sp³-hybridized carbons (Fsp3) is 0.0800. The van der Waals surface area contributed by atoms with Gasteiger partial charge in [0.25, 0.3) is 0 Å². The number of aryl methyl sites for hydroxylation is 1. The zero-order chi connectivity index (χ0) is 24.6. The summed E-state index contributed by atoms with van der Waals surface area (Å²) >= 11 is 0. The van der Waals surface area contributed by atoms with Gasteiger partial charge in [0.2, 0.25) is 0 Å². The summed E-state index contributed by atoms with van der Waals surface area (Å²) in [4.78, 5) is 18.1. The molecule has 6 aromatic rings. The highest BCUT2D eigenvalue weighted by molar-refractivity contribution is 5.88. The summed E-state index contributed by atoms with van der Waals surface area (Å²) in [5, 5.41) is 13.9. The van der Waals surface area contributed by atoms with E-state index >= 15 is 0 Å². The smallest absolute Gasteiger partial charge is 0.152 e. The van der Waals surface area contributed by atoms with Gasteiger partial charge in [0.1, 0.15) is 28.6 Å². The van der Waals surface area contributed by atoms with E-state index in [9.17, 15) is 4.39 Å². The van der Waals surface area contributed by atoms with Crippen LogP contribution >= 0.6 is 0 Å². The standard InChI is InChI=1S/C25H19FN10/c1-35-10-8-20(33-35)23-22(16-4-7-19-15(11-16)3-2-9-28-19)30-24(25(27)31-23)21-14-36(34-32-21)13-18-6-5-17(26)12-29-18/h2-12,14H,13H2,1H3,(H2,27,31). The Bertz CT molecular complexity index is 1700. The number of benzene rings is 1. The summed E-state index contributed by atoms with van der Waals surface area (Å²) < 4.78 is 16.5. The minimum absolute atomic E-state index is 0.203. The van der Waals surface area contributed by atoms with E-state index in [0.717, 1.165) is 16.5 Å². The van der Waals surface area contributed by atoms with Crippen LogP contribution in [0.1, 0.15) is 5.69 Å². The van der Waals surface area contributed by atoms with Crippen molar-refractivity contribution in [2.75, 3.05) is 5.73 Å². The topological polar surface area (TPSA) is 126 Å². The molecule has 0 aliphatic carbocycles. The van der Waals surface area contributed by atoms with Crippen molar-refractivity contribution in [2.45, 2.75) is 6.54 Å². The van der Waals surface area contributed by atoms with E-state index in [0.29, 0.717) is 40.7 Å². The maximum atomic E-state index is 13.2. The summed E-state index contributed by atoms with van der Waals surface area (Å²) in [6.07, 6.45) is 6.47. The normalized spacial score (nSPS) is 11.3. The van der Waals surface area contributed by atoms with E-state index in [-0.39, 0.29) is 5.82 Å². The zero-order valence-electron chi connectivity index (χ0n) is 19.1. The molecule has 176 valence electrons. The zero-order valence-corrected chi connectivity index (χ0v) is 19.1. The molecule has 0 saturated heterocycles. The van der Waals surface area contributed by atoms with E-state index in [4.69, 9.17) is 10.7 Å². The number of hydrogen-bond acceptors (Lipinski definition) is 8. The number of nitrogen functional groups attached to an aromatic ring is 1. The molecule has 0 bridgehead atoms. The lowest BCUT2D eigenvalue weighted by atomic mass is 10.0. The average Bonchev–Trinajstić information content (AvgIpc) is 3.54. The molecule has 1 aromatic carbocycles. The molecular weight excluding hydrogens is 459 g/mol. The van der Waals surface area contributed by atoms with Crippen LogP contribution in [0, 0.1) is 5.82 Å². The minimum Gasteiger partial charge on any atom is -0.382 e. The van der Waals surface area contributed by atoms with E-state index in [2.05, 4.69) is 30.4 Å². The van der Waals surface area contributed by atoms with Crippen molar-refractivity contribution in [2.24, 2.45) is 7.05 Å². The van der Waals surface area contributed by atoms with Crippen LogP contribution in [0.4, 0.5) is 10.2 Å². The number of rotatable bonds is 5. The predicted octanol–water partition coefficient (Wildman–Crippen LogP) is 3.52. The second-order valence-corrected chi connectivity index (χ2v) is 8.21. The Labute approximate surface area is 204 Å². The van der Waals surface area contributed by atoms with Gasteiger partial charge in [-0.25, -0.2) is 19.0 Å². The van der Waals surface area contributed by atoms with Crippen molar-refractivity contribution in [1.29, 1.82) is 0 Å². The molecule has 0 aliphatic heterocycles.